The molecule has 1 atom stereocenters. The van der Waals surface area contributed by atoms with Crippen molar-refractivity contribution in [2.24, 2.45) is 0 Å². The van der Waals surface area contributed by atoms with Crippen molar-refractivity contribution in [2.75, 3.05) is 0 Å². The van der Waals surface area contributed by atoms with Gasteiger partial charge in [-0.3, -0.25) is 15.0 Å². The van der Waals surface area contributed by atoms with Gasteiger partial charge < -0.3 is 4.57 Å². The van der Waals surface area contributed by atoms with Gasteiger partial charge in [-0.25, -0.2) is 8.42 Å². The molecule has 4 aromatic heterocycles. The van der Waals surface area contributed by atoms with E-state index in [2.05, 4.69) is 21.0 Å². The van der Waals surface area contributed by atoms with Gasteiger partial charge in [-0.15, -0.1) is 0 Å². The number of nitrogens with one attached hydrogen (secondary N) is 1. The number of nitrogens with zero attached hydrogens (tertiary/aromatic N) is 5. The van der Waals surface area contributed by atoms with Crippen molar-refractivity contribution >= 4 is 21.1 Å². The Morgan fingerprint density at radius 3 is 2.50 bits per heavy atom. The lowest BCUT2D eigenvalue weighted by Crippen LogP contribution is -2.42. The summed E-state index contributed by atoms with van der Waals surface area (Å²) in [4.78, 5) is 12.3. The van der Waals surface area contributed by atoms with Gasteiger partial charge in [0, 0.05) is 18.6 Å². The van der Waals surface area contributed by atoms with Crippen LogP contribution in [0.1, 0.15) is 18.1 Å². The number of fused-ring (bicyclic) bond motifs is 1. The molecule has 1 unspecified atom stereocenters. The Hall–Kier alpha value is -3.82. The first-order valence-corrected chi connectivity index (χ1v) is 11.4. The third kappa shape index (κ3) is 4.23. The summed E-state index contributed by atoms with van der Waals surface area (Å²) in [6, 6.07) is 7.68. The van der Waals surface area contributed by atoms with Crippen LogP contribution in [0.25, 0.3) is 28.1 Å². The Morgan fingerprint density at radius 1 is 1.15 bits per heavy atom. The molecular formula is C22H17F3N6O2S. The Balaban J connectivity index is 1.87. The predicted molar refractivity (Wildman–Crippen MR) is 117 cm³/mol. The fourth-order valence-corrected chi connectivity index (χ4v) is 4.58. The second-order valence-corrected chi connectivity index (χ2v) is 9.24. The summed E-state index contributed by atoms with van der Waals surface area (Å²) < 4.78 is 66.6. The first kappa shape index (κ1) is 23.3. The summed E-state index contributed by atoms with van der Waals surface area (Å²) in [6.07, 6.45) is 1.02. The molecule has 8 nitrogen and oxygen atoms in total. The highest BCUT2D eigenvalue weighted by atomic mass is 32.2. The van der Waals surface area contributed by atoms with Gasteiger partial charge in [-0.1, -0.05) is 0 Å². The van der Waals surface area contributed by atoms with E-state index in [4.69, 9.17) is 0 Å². The van der Waals surface area contributed by atoms with Crippen LogP contribution in [-0.2, 0) is 10.0 Å². The lowest BCUT2D eigenvalue weighted by Gasteiger charge is -2.17. The molecule has 0 saturated carbocycles. The Bertz CT molecular complexity index is 1510. The molecule has 0 amide bonds. The van der Waals surface area contributed by atoms with Crippen LogP contribution in [0.15, 0.2) is 60.0 Å². The maximum atomic E-state index is 12.8. The van der Waals surface area contributed by atoms with Gasteiger partial charge in [-0.05, 0) is 49.7 Å². The van der Waals surface area contributed by atoms with Crippen molar-refractivity contribution in [3.8, 4) is 23.1 Å². The number of hydrogen-bond acceptors (Lipinski definition) is 6. The van der Waals surface area contributed by atoms with Crippen LogP contribution in [0, 0.1) is 18.3 Å². The van der Waals surface area contributed by atoms with Crippen molar-refractivity contribution in [3.63, 3.8) is 0 Å². The second kappa shape index (κ2) is 8.51. The van der Waals surface area contributed by atoms with Gasteiger partial charge in [-0.2, -0.15) is 23.2 Å². The fraction of sp³-hybridized carbons (Fsp3) is 0.182. The summed E-state index contributed by atoms with van der Waals surface area (Å²) in [7, 11) is -4.48. The molecule has 0 aliphatic rings. The van der Waals surface area contributed by atoms with Crippen LogP contribution in [0.5, 0.6) is 0 Å². The van der Waals surface area contributed by atoms with Crippen molar-refractivity contribution in [1.29, 1.82) is 5.26 Å². The summed E-state index contributed by atoms with van der Waals surface area (Å²) >= 11 is 0. The maximum Gasteiger partial charge on any atom is 0.404 e. The average Bonchev–Trinajstić information content (AvgIpc) is 3.12. The molecule has 0 saturated heterocycles. The van der Waals surface area contributed by atoms with Crippen LogP contribution in [-0.4, -0.2) is 40.2 Å². The van der Waals surface area contributed by atoms with Crippen molar-refractivity contribution in [2.45, 2.75) is 31.0 Å². The number of aromatic nitrogens is 4. The molecule has 0 radical (unpaired) electrons. The van der Waals surface area contributed by atoms with E-state index in [1.807, 2.05) is 13.0 Å². The summed E-state index contributed by atoms with van der Waals surface area (Å²) in [6.45, 7) is 2.56. The van der Waals surface area contributed by atoms with E-state index in [0.717, 1.165) is 17.8 Å². The monoisotopic (exact) mass is 486 g/mol. The molecule has 174 valence electrons. The average molecular weight is 486 g/mol. The first-order chi connectivity index (χ1) is 16.0. The molecule has 0 aliphatic heterocycles. The first-order valence-electron chi connectivity index (χ1n) is 9.90. The van der Waals surface area contributed by atoms with Gasteiger partial charge >= 0.3 is 6.18 Å². The normalized spacial score (nSPS) is 13.1. The molecule has 4 aromatic rings. The minimum absolute atomic E-state index is 0.214. The van der Waals surface area contributed by atoms with E-state index in [9.17, 15) is 26.9 Å². The Kier molecular flexibility index (Phi) is 5.84. The second-order valence-electron chi connectivity index (χ2n) is 7.53. The maximum absolute atomic E-state index is 12.8. The lowest BCUT2D eigenvalue weighted by atomic mass is 10.1. The molecule has 1 N–H and O–H groups in total. The molecule has 34 heavy (non-hydrogen) atoms. The van der Waals surface area contributed by atoms with Crippen molar-refractivity contribution in [1.82, 2.24) is 24.2 Å². The topological polar surface area (TPSA) is 114 Å². The standard InChI is InChI=1S/C22H17F3N6O2S/c1-13-8-19-20(29-10-13)17(9-26)21(31(19)15-4-3-7-27-11-15)18-6-5-16(12-28-18)34(32,33)30-14(2)22(23,24)25/h3-8,10-12,14,30H,1-2H3. The van der Waals surface area contributed by atoms with Crippen molar-refractivity contribution < 1.29 is 21.6 Å². The third-order valence-corrected chi connectivity index (χ3v) is 6.60. The zero-order valence-electron chi connectivity index (χ0n) is 17.9. The molecule has 0 aliphatic carbocycles. The summed E-state index contributed by atoms with van der Waals surface area (Å²) in [5.41, 5.74) is 3.32. The molecule has 4 rings (SSSR count). The quantitative estimate of drug-likeness (QED) is 0.458. The number of alkyl halides is 3. The minimum Gasteiger partial charge on any atom is -0.303 e. The van der Waals surface area contributed by atoms with Gasteiger partial charge in [0.15, 0.2) is 0 Å². The van der Waals surface area contributed by atoms with E-state index in [1.165, 1.54) is 6.07 Å². The number of sulfonamides is 1. The molecule has 0 spiro atoms. The van der Waals surface area contributed by atoms with E-state index in [1.54, 1.807) is 40.0 Å². The van der Waals surface area contributed by atoms with Crippen LogP contribution in [0.2, 0.25) is 0 Å². The molecule has 0 bridgehead atoms. The van der Waals surface area contributed by atoms with Gasteiger partial charge in [0.2, 0.25) is 10.0 Å². The Morgan fingerprint density at radius 2 is 1.91 bits per heavy atom. The largest absolute Gasteiger partial charge is 0.404 e. The highest BCUT2D eigenvalue weighted by Gasteiger charge is 2.39. The number of nitriles is 1. The minimum atomic E-state index is -4.74. The van der Waals surface area contributed by atoms with Crippen LogP contribution >= 0.6 is 0 Å². The molecule has 0 aromatic carbocycles. The van der Waals surface area contributed by atoms with Crippen molar-refractivity contribution in [3.05, 3.63) is 66.2 Å². The number of aryl methyl sites for hydroxylation is 1. The van der Waals surface area contributed by atoms with E-state index < -0.39 is 27.1 Å². The zero-order valence-corrected chi connectivity index (χ0v) is 18.7. The molecule has 4 heterocycles. The van der Waals surface area contributed by atoms with Crippen LogP contribution in [0.3, 0.4) is 0 Å². The fourth-order valence-electron chi connectivity index (χ4n) is 3.41. The number of halogens is 3. The number of hydrogen-bond donors (Lipinski definition) is 1. The van der Waals surface area contributed by atoms with E-state index >= 15 is 0 Å². The number of pyridine rings is 3. The van der Waals surface area contributed by atoms with Gasteiger partial charge in [0.1, 0.15) is 28.1 Å². The smallest absolute Gasteiger partial charge is 0.303 e. The number of rotatable bonds is 5. The molecule has 0 fully saturated rings. The van der Waals surface area contributed by atoms with Crippen LogP contribution in [0.4, 0.5) is 13.2 Å². The predicted octanol–water partition coefficient (Wildman–Crippen LogP) is 3.89. The highest BCUT2D eigenvalue weighted by Crippen LogP contribution is 2.34. The molecule has 12 heteroatoms. The summed E-state index contributed by atoms with van der Waals surface area (Å²) in [5.74, 6) is 0. The third-order valence-electron chi connectivity index (χ3n) is 5.07. The lowest BCUT2D eigenvalue weighted by molar-refractivity contribution is -0.147. The van der Waals surface area contributed by atoms with Gasteiger partial charge in [0.25, 0.3) is 0 Å². The Labute approximate surface area is 192 Å². The van der Waals surface area contributed by atoms with E-state index in [0.29, 0.717) is 29.3 Å². The highest BCUT2D eigenvalue weighted by molar-refractivity contribution is 7.89. The molecular weight excluding hydrogens is 469 g/mol. The summed E-state index contributed by atoms with van der Waals surface area (Å²) in [5, 5.41) is 9.91. The van der Waals surface area contributed by atoms with Crippen LogP contribution < -0.4 is 4.72 Å². The SMILES string of the molecule is Cc1cnc2c(C#N)c(-c3ccc(S(=O)(=O)NC(C)C(F)(F)F)cn3)n(-c3cccnc3)c2c1. The van der Waals surface area contributed by atoms with Gasteiger partial charge in [0.05, 0.1) is 28.8 Å². The zero-order chi connectivity index (χ0) is 24.7. The van der Waals surface area contributed by atoms with E-state index in [-0.39, 0.29) is 11.3 Å².